The van der Waals surface area contributed by atoms with Crippen LogP contribution >= 0.6 is 0 Å². The summed E-state index contributed by atoms with van der Waals surface area (Å²) in [5.74, 6) is 1.06. The Balaban J connectivity index is 1.23. The van der Waals surface area contributed by atoms with Crippen LogP contribution in [-0.2, 0) is 12.8 Å². The van der Waals surface area contributed by atoms with Crippen LogP contribution in [0.25, 0.3) is 11.1 Å². The molecule has 0 bridgehead atoms. The summed E-state index contributed by atoms with van der Waals surface area (Å²) in [7, 11) is 0. The molecule has 0 amide bonds. The van der Waals surface area contributed by atoms with Gasteiger partial charge in [-0.2, -0.15) is 0 Å². The Morgan fingerprint density at radius 2 is 1.37 bits per heavy atom. The maximum absolute atomic E-state index is 9.57. The van der Waals surface area contributed by atoms with Gasteiger partial charge in [-0.25, -0.2) is 5.48 Å². The molecule has 0 saturated heterocycles. The molecule has 0 aliphatic heterocycles. The molecule has 0 fully saturated rings. The minimum absolute atomic E-state index is 0.217. The van der Waals surface area contributed by atoms with Crippen molar-refractivity contribution < 1.29 is 5.21 Å². The molecule has 4 aromatic rings. The number of anilines is 2. The summed E-state index contributed by atoms with van der Waals surface area (Å²) in [5, 5.41) is 9.57. The van der Waals surface area contributed by atoms with Crippen molar-refractivity contribution in [1.29, 1.82) is 0 Å². The van der Waals surface area contributed by atoms with E-state index in [0.29, 0.717) is 11.8 Å². The van der Waals surface area contributed by atoms with Crippen LogP contribution in [0.2, 0.25) is 0 Å². The fourth-order valence-corrected chi connectivity index (χ4v) is 8.63. The quantitative estimate of drug-likeness (QED) is 0.0675. The largest absolute Gasteiger partial charge is 0.341 e. The van der Waals surface area contributed by atoms with E-state index in [-0.39, 0.29) is 6.04 Å². The Hall–Kier alpha value is -3.66. The van der Waals surface area contributed by atoms with Gasteiger partial charge in [-0.1, -0.05) is 131 Å². The van der Waals surface area contributed by atoms with Crippen molar-refractivity contribution in [3.05, 3.63) is 131 Å². The second kappa shape index (κ2) is 17.8. The Morgan fingerprint density at radius 1 is 0.653 bits per heavy atom. The highest BCUT2D eigenvalue weighted by molar-refractivity contribution is 5.74. The van der Waals surface area contributed by atoms with Crippen molar-refractivity contribution >= 4 is 11.4 Å². The van der Waals surface area contributed by atoms with E-state index < -0.39 is 0 Å². The molecule has 3 nitrogen and oxygen atoms in total. The lowest BCUT2D eigenvalue weighted by atomic mass is 9.70. The molecule has 2 aliphatic rings. The third kappa shape index (κ3) is 8.56. The second-order valence-corrected chi connectivity index (χ2v) is 14.5. The van der Waals surface area contributed by atoms with Gasteiger partial charge in [-0.3, -0.25) is 0 Å². The highest BCUT2D eigenvalue weighted by atomic mass is 16.5. The first-order valence-electron chi connectivity index (χ1n) is 19.4. The minimum atomic E-state index is 0.217. The van der Waals surface area contributed by atoms with Crippen molar-refractivity contribution in [1.82, 2.24) is 5.48 Å². The van der Waals surface area contributed by atoms with Crippen LogP contribution in [0.1, 0.15) is 131 Å². The lowest BCUT2D eigenvalue weighted by molar-refractivity contribution is 0.115. The molecule has 2 aliphatic carbocycles. The first kappa shape index (κ1) is 35.2. The lowest BCUT2D eigenvalue weighted by Gasteiger charge is -2.34. The molecule has 0 radical (unpaired) electrons. The highest BCUT2D eigenvalue weighted by Crippen LogP contribution is 2.47. The van der Waals surface area contributed by atoms with Crippen LogP contribution in [0.15, 0.2) is 103 Å². The summed E-state index contributed by atoms with van der Waals surface area (Å²) in [4.78, 5) is 2.50. The van der Waals surface area contributed by atoms with E-state index in [1.807, 2.05) is 0 Å². The van der Waals surface area contributed by atoms with Gasteiger partial charge in [0.25, 0.3) is 0 Å². The molecule has 0 saturated carbocycles. The van der Waals surface area contributed by atoms with E-state index in [2.05, 4.69) is 127 Å². The van der Waals surface area contributed by atoms with Crippen molar-refractivity contribution in [2.45, 2.75) is 122 Å². The van der Waals surface area contributed by atoms with E-state index in [9.17, 15) is 5.21 Å². The van der Waals surface area contributed by atoms with Gasteiger partial charge in [-0.05, 0) is 120 Å². The van der Waals surface area contributed by atoms with E-state index in [0.717, 1.165) is 45.1 Å². The number of hydrogen-bond donors (Lipinski definition) is 2. The molecule has 0 aromatic heterocycles. The third-order valence-electron chi connectivity index (χ3n) is 11.2. The number of benzene rings is 4. The molecule has 2 N–H and O–H groups in total. The number of hydroxylamine groups is 1. The number of allylic oxidation sites excluding steroid dienone is 2. The van der Waals surface area contributed by atoms with Gasteiger partial charge in [0.1, 0.15) is 0 Å². The Kier molecular flexibility index (Phi) is 12.8. The smallest absolute Gasteiger partial charge is 0.0411 e. The van der Waals surface area contributed by atoms with Gasteiger partial charge in [0.05, 0.1) is 0 Å². The molecule has 3 unspecified atom stereocenters. The monoisotopic (exact) mass is 654 g/mol. The Bertz CT molecular complexity index is 1630. The SMILES string of the molecule is CCCCCCCN(c1ccccc1)c1ccc(-c2ccc(C3CCC(CCCC(CCC)NO)c4ccccc43)c3c2CC=CC3)cc1. The van der Waals surface area contributed by atoms with Crippen molar-refractivity contribution in [2.75, 3.05) is 11.4 Å². The molecule has 3 atom stereocenters. The average molecular weight is 655 g/mol. The summed E-state index contributed by atoms with van der Waals surface area (Å²) < 4.78 is 0. The number of nitrogens with zero attached hydrogens (tertiary/aromatic N) is 1. The molecule has 0 heterocycles. The topological polar surface area (TPSA) is 35.5 Å². The van der Waals surface area contributed by atoms with Crippen LogP contribution in [0.3, 0.4) is 0 Å². The number of unbranched alkanes of at least 4 members (excludes halogenated alkanes) is 4. The molecular formula is C46H58N2O. The number of rotatable bonds is 17. The molecule has 258 valence electrons. The van der Waals surface area contributed by atoms with Gasteiger partial charge in [-0.15, -0.1) is 0 Å². The van der Waals surface area contributed by atoms with Gasteiger partial charge in [0.2, 0.25) is 0 Å². The molecule has 4 aromatic carbocycles. The second-order valence-electron chi connectivity index (χ2n) is 14.5. The number of para-hydroxylation sites is 1. The molecular weight excluding hydrogens is 597 g/mol. The summed E-state index contributed by atoms with van der Waals surface area (Å²) in [6.45, 7) is 5.52. The maximum Gasteiger partial charge on any atom is 0.0411 e. The van der Waals surface area contributed by atoms with E-state index >= 15 is 0 Å². The van der Waals surface area contributed by atoms with Crippen LogP contribution in [0.5, 0.6) is 0 Å². The van der Waals surface area contributed by atoms with Crippen LogP contribution in [-0.4, -0.2) is 17.8 Å². The standard InChI is InChI=1S/C46H58N2O/c1-3-5-6-7-15-34-48(38-20-9-8-10-21-38)39-29-26-36(27-30-39)41-32-33-46(44-25-14-13-24-43(41)44)45-31-28-35(40-22-11-12-23-42(40)45)18-16-19-37(47-49)17-4-2/h8-14,20-23,26-27,29-30,32-33,35,37,45,47,49H,3-7,15-19,24-25,28,31,34H2,1-2H3. The summed E-state index contributed by atoms with van der Waals surface area (Å²) in [6, 6.07) is 34.7. The molecule has 49 heavy (non-hydrogen) atoms. The fourth-order valence-electron chi connectivity index (χ4n) is 8.63. The lowest BCUT2D eigenvalue weighted by Crippen LogP contribution is -2.25. The molecule has 3 heteroatoms. The number of nitrogens with one attached hydrogen (secondary N) is 1. The van der Waals surface area contributed by atoms with Gasteiger partial charge < -0.3 is 10.1 Å². The van der Waals surface area contributed by atoms with E-state index in [4.69, 9.17) is 0 Å². The molecule has 6 rings (SSSR count). The van der Waals surface area contributed by atoms with Crippen LogP contribution in [0.4, 0.5) is 11.4 Å². The van der Waals surface area contributed by atoms with Crippen molar-refractivity contribution in [2.24, 2.45) is 0 Å². The summed E-state index contributed by atoms with van der Waals surface area (Å²) in [5.41, 5.74) is 15.5. The third-order valence-corrected chi connectivity index (χ3v) is 11.2. The van der Waals surface area contributed by atoms with E-state index in [1.54, 1.807) is 11.1 Å². The van der Waals surface area contributed by atoms with Crippen molar-refractivity contribution in [3.63, 3.8) is 0 Å². The minimum Gasteiger partial charge on any atom is -0.341 e. The maximum atomic E-state index is 9.57. The zero-order chi connectivity index (χ0) is 33.8. The predicted octanol–water partition coefficient (Wildman–Crippen LogP) is 12.4. The van der Waals surface area contributed by atoms with Gasteiger partial charge >= 0.3 is 0 Å². The number of fused-ring (bicyclic) bond motifs is 2. The number of hydrogen-bond acceptors (Lipinski definition) is 3. The zero-order valence-corrected chi connectivity index (χ0v) is 30.0. The van der Waals surface area contributed by atoms with Crippen molar-refractivity contribution in [3.8, 4) is 11.1 Å². The van der Waals surface area contributed by atoms with Crippen LogP contribution in [0, 0.1) is 0 Å². The first-order valence-corrected chi connectivity index (χ1v) is 19.4. The Morgan fingerprint density at radius 3 is 2.12 bits per heavy atom. The predicted molar refractivity (Wildman–Crippen MR) is 208 cm³/mol. The zero-order valence-electron chi connectivity index (χ0n) is 30.0. The molecule has 0 spiro atoms. The van der Waals surface area contributed by atoms with Crippen LogP contribution < -0.4 is 10.4 Å². The summed E-state index contributed by atoms with van der Waals surface area (Å²) >= 11 is 0. The van der Waals surface area contributed by atoms with Gasteiger partial charge in [0, 0.05) is 29.9 Å². The normalized spacial score (nSPS) is 17.4. The summed E-state index contributed by atoms with van der Waals surface area (Å²) in [6.07, 6.45) is 21.2. The van der Waals surface area contributed by atoms with E-state index in [1.165, 1.54) is 90.6 Å². The average Bonchev–Trinajstić information content (AvgIpc) is 3.16. The first-order chi connectivity index (χ1) is 24.2. The fraction of sp³-hybridized carbons (Fsp3) is 0.435. The van der Waals surface area contributed by atoms with Gasteiger partial charge in [0.15, 0.2) is 0 Å². The Labute approximate surface area is 296 Å². The highest BCUT2D eigenvalue weighted by Gasteiger charge is 2.30.